The van der Waals surface area contributed by atoms with Crippen LogP contribution in [0, 0.1) is 0 Å². The molecule has 1 aliphatic rings. The van der Waals surface area contributed by atoms with Gasteiger partial charge in [-0.1, -0.05) is 18.2 Å². The molecule has 0 aliphatic heterocycles. The minimum atomic E-state index is -0.0281. The molecule has 110 valence electrons. The third-order valence-corrected chi connectivity index (χ3v) is 2.70. The molecule has 0 aromatic heterocycles. The highest BCUT2D eigenvalue weighted by Crippen LogP contribution is 2.17. The number of ketones is 1. The van der Waals surface area contributed by atoms with Gasteiger partial charge in [-0.05, 0) is 60.7 Å². The van der Waals surface area contributed by atoms with E-state index in [9.17, 15) is 4.79 Å². The van der Waals surface area contributed by atoms with Gasteiger partial charge in [0.05, 0.1) is 11.4 Å². The van der Waals surface area contributed by atoms with Crippen LogP contribution in [-0.4, -0.2) is 21.7 Å². The van der Waals surface area contributed by atoms with Gasteiger partial charge in [0, 0.05) is 0 Å². The molecule has 1 aliphatic carbocycles. The van der Waals surface area contributed by atoms with Crippen molar-refractivity contribution in [1.82, 2.24) is 0 Å². The Morgan fingerprint density at radius 2 is 1.23 bits per heavy atom. The Morgan fingerprint density at radius 1 is 0.682 bits per heavy atom. The average molecular weight is 293 g/mol. The van der Waals surface area contributed by atoms with Crippen molar-refractivity contribution in [2.45, 2.75) is 0 Å². The quantitative estimate of drug-likeness (QED) is 0.790. The maximum Gasteiger partial charge on any atom is 0.178 e. The minimum Gasteiger partial charge on any atom is -0.508 e. The fraction of sp³-hybridized carbons (Fsp3) is 0. The molecule has 4 heteroatoms. The Bertz CT molecular complexity index is 696. The molecular weight excluding hydrogens is 278 g/mol. The summed E-state index contributed by atoms with van der Waals surface area (Å²) in [5.74, 6) is 0.506. The second-order valence-electron chi connectivity index (χ2n) is 4.46. The summed E-state index contributed by atoms with van der Waals surface area (Å²) < 4.78 is 0. The average Bonchev–Trinajstić information content (AvgIpc) is 2.53. The zero-order chi connectivity index (χ0) is 15.8. The van der Waals surface area contributed by atoms with Crippen LogP contribution in [0.3, 0.4) is 0 Å². The second-order valence-corrected chi connectivity index (χ2v) is 4.46. The Hall–Kier alpha value is -3.14. The molecule has 0 amide bonds. The number of aromatic hydroxyl groups is 2. The number of rotatable bonds is 1. The van der Waals surface area contributed by atoms with Crippen LogP contribution in [0.15, 0.2) is 83.9 Å². The Kier molecular flexibility index (Phi) is 5.26. The number of aliphatic imine (C=N–C) groups is 1. The van der Waals surface area contributed by atoms with Gasteiger partial charge < -0.3 is 10.2 Å². The number of carbonyl (C=O) groups excluding carboxylic acids is 1. The van der Waals surface area contributed by atoms with Crippen molar-refractivity contribution in [1.29, 1.82) is 0 Å². The van der Waals surface area contributed by atoms with Gasteiger partial charge in [-0.15, -0.1) is 0 Å². The van der Waals surface area contributed by atoms with Gasteiger partial charge in [-0.25, -0.2) is 4.99 Å². The lowest BCUT2D eigenvalue weighted by Crippen LogP contribution is -1.98. The van der Waals surface area contributed by atoms with Crippen LogP contribution in [0.5, 0.6) is 11.5 Å². The lowest BCUT2D eigenvalue weighted by Gasteiger charge is -1.99. The smallest absolute Gasteiger partial charge is 0.178 e. The lowest BCUT2D eigenvalue weighted by atomic mass is 10.1. The number of phenols is 2. The van der Waals surface area contributed by atoms with E-state index in [4.69, 9.17) is 10.2 Å². The van der Waals surface area contributed by atoms with Crippen molar-refractivity contribution in [3.8, 4) is 11.5 Å². The van der Waals surface area contributed by atoms with E-state index < -0.39 is 0 Å². The number of benzene rings is 2. The van der Waals surface area contributed by atoms with Crippen molar-refractivity contribution in [3.05, 3.63) is 78.9 Å². The van der Waals surface area contributed by atoms with E-state index in [1.807, 2.05) is 6.07 Å². The van der Waals surface area contributed by atoms with E-state index in [-0.39, 0.29) is 11.5 Å². The highest BCUT2D eigenvalue weighted by atomic mass is 16.3. The molecule has 22 heavy (non-hydrogen) atoms. The number of allylic oxidation sites excluding steroid dienone is 4. The SMILES string of the molecule is O=C1C=CC(=Nc2ccc(O)cc2)C=C1.Oc1ccccc1. The first-order valence-electron chi connectivity index (χ1n) is 6.65. The predicted molar refractivity (Wildman–Crippen MR) is 86.6 cm³/mol. The first-order valence-corrected chi connectivity index (χ1v) is 6.65. The molecular formula is C18H15NO3. The van der Waals surface area contributed by atoms with Crippen LogP contribution in [0.2, 0.25) is 0 Å². The van der Waals surface area contributed by atoms with Gasteiger partial charge in [-0.2, -0.15) is 0 Å². The first-order chi connectivity index (χ1) is 10.6. The van der Waals surface area contributed by atoms with Crippen LogP contribution in [-0.2, 0) is 4.79 Å². The predicted octanol–water partition coefficient (Wildman–Crippen LogP) is 3.55. The summed E-state index contributed by atoms with van der Waals surface area (Å²) in [6.45, 7) is 0. The van der Waals surface area contributed by atoms with Gasteiger partial charge in [-0.3, -0.25) is 4.79 Å². The molecule has 0 saturated carbocycles. The van der Waals surface area contributed by atoms with E-state index in [1.165, 1.54) is 12.2 Å². The number of hydrogen-bond acceptors (Lipinski definition) is 4. The topological polar surface area (TPSA) is 69.9 Å². The second kappa shape index (κ2) is 7.59. The van der Waals surface area contributed by atoms with Crippen LogP contribution in [0.1, 0.15) is 0 Å². The highest BCUT2D eigenvalue weighted by molar-refractivity contribution is 6.17. The van der Waals surface area contributed by atoms with E-state index in [1.54, 1.807) is 60.7 Å². The van der Waals surface area contributed by atoms with Gasteiger partial charge in [0.15, 0.2) is 5.78 Å². The standard InChI is InChI=1S/C12H9NO2.C6H6O/c14-11-5-1-9(2-6-11)13-10-3-7-12(15)8-4-10;7-6-4-2-1-3-5-6/h1-8,14H;1-5,7H. The number of para-hydroxylation sites is 1. The number of phenolic OH excluding ortho intramolecular Hbond substituents is 2. The number of nitrogens with zero attached hydrogens (tertiary/aromatic N) is 1. The minimum absolute atomic E-state index is 0.0281. The molecule has 0 saturated heterocycles. The molecule has 0 atom stereocenters. The van der Waals surface area contributed by atoms with Crippen LogP contribution < -0.4 is 0 Å². The molecule has 0 unspecified atom stereocenters. The van der Waals surface area contributed by atoms with Crippen molar-refractivity contribution in [3.63, 3.8) is 0 Å². The zero-order valence-corrected chi connectivity index (χ0v) is 11.8. The zero-order valence-electron chi connectivity index (χ0n) is 11.8. The summed E-state index contributed by atoms with van der Waals surface area (Å²) in [4.78, 5) is 15.1. The molecule has 2 aromatic rings. The maximum absolute atomic E-state index is 10.8. The fourth-order valence-electron chi connectivity index (χ4n) is 1.62. The summed E-state index contributed by atoms with van der Waals surface area (Å²) in [5.41, 5.74) is 1.46. The molecule has 0 fully saturated rings. The van der Waals surface area contributed by atoms with Gasteiger partial charge in [0.25, 0.3) is 0 Å². The largest absolute Gasteiger partial charge is 0.508 e. The fourth-order valence-corrected chi connectivity index (χ4v) is 1.62. The Balaban J connectivity index is 0.000000211. The summed E-state index contributed by atoms with van der Waals surface area (Å²) in [5, 5.41) is 17.7. The van der Waals surface area contributed by atoms with Crippen LogP contribution >= 0.6 is 0 Å². The van der Waals surface area contributed by atoms with E-state index in [2.05, 4.69) is 4.99 Å². The van der Waals surface area contributed by atoms with Crippen molar-refractivity contribution < 1.29 is 15.0 Å². The van der Waals surface area contributed by atoms with Crippen molar-refractivity contribution in [2.75, 3.05) is 0 Å². The lowest BCUT2D eigenvalue weighted by molar-refractivity contribution is -0.110. The Labute approximate surface area is 128 Å². The van der Waals surface area contributed by atoms with Crippen LogP contribution in [0.4, 0.5) is 5.69 Å². The molecule has 3 rings (SSSR count). The van der Waals surface area contributed by atoms with Crippen molar-refractivity contribution >= 4 is 17.2 Å². The van der Waals surface area contributed by atoms with Gasteiger partial charge in [0.1, 0.15) is 11.5 Å². The first kappa shape index (κ1) is 15.3. The molecule has 0 radical (unpaired) electrons. The third-order valence-electron chi connectivity index (χ3n) is 2.70. The van der Waals surface area contributed by atoms with Crippen molar-refractivity contribution in [2.24, 2.45) is 4.99 Å². The number of hydrogen-bond donors (Lipinski definition) is 2. The summed E-state index contributed by atoms with van der Waals surface area (Å²) in [6, 6.07) is 15.3. The molecule has 4 nitrogen and oxygen atoms in total. The molecule has 2 N–H and O–H groups in total. The summed E-state index contributed by atoms with van der Waals surface area (Å²) in [6.07, 6.45) is 6.27. The Morgan fingerprint density at radius 3 is 1.73 bits per heavy atom. The normalized spacial score (nSPS) is 12.5. The summed E-state index contributed by atoms with van der Waals surface area (Å²) >= 11 is 0. The van der Waals surface area contributed by atoms with Gasteiger partial charge in [0.2, 0.25) is 0 Å². The molecule has 0 bridgehead atoms. The van der Waals surface area contributed by atoms with E-state index >= 15 is 0 Å². The van der Waals surface area contributed by atoms with E-state index in [0.717, 1.165) is 11.4 Å². The van der Waals surface area contributed by atoms with Gasteiger partial charge >= 0.3 is 0 Å². The monoisotopic (exact) mass is 293 g/mol. The third kappa shape index (κ3) is 5.09. The molecule has 2 aromatic carbocycles. The summed E-state index contributed by atoms with van der Waals surface area (Å²) in [7, 11) is 0. The number of carbonyl (C=O) groups is 1. The maximum atomic E-state index is 10.8. The van der Waals surface area contributed by atoms with Crippen LogP contribution in [0.25, 0.3) is 0 Å². The molecule has 0 heterocycles. The highest BCUT2D eigenvalue weighted by Gasteiger charge is 1.99. The molecule has 0 spiro atoms. The van der Waals surface area contributed by atoms with E-state index in [0.29, 0.717) is 5.75 Å².